The Kier molecular flexibility index (Phi) is 15.5. The minimum absolute atomic E-state index is 0.996. The van der Waals surface area contributed by atoms with Crippen LogP contribution in [0.3, 0.4) is 0 Å². The summed E-state index contributed by atoms with van der Waals surface area (Å²) >= 11 is 0. The number of aromatic nitrogens is 3. The van der Waals surface area contributed by atoms with Gasteiger partial charge in [-0.1, -0.05) is 62.1 Å². The molecule has 0 amide bonds. The van der Waals surface area contributed by atoms with E-state index in [0.29, 0.717) is 0 Å². The molecule has 3 rings (SSSR count). The monoisotopic (exact) mass is 510 g/mol. The summed E-state index contributed by atoms with van der Waals surface area (Å²) in [6.45, 7) is 1.14. The van der Waals surface area contributed by atoms with Crippen LogP contribution < -0.4 is 4.57 Å². The van der Waals surface area contributed by atoms with Crippen LogP contribution in [0.5, 0.6) is 0 Å². The minimum atomic E-state index is 0.996. The molecule has 38 heavy (non-hydrogen) atoms. The number of nitrogens with zero attached hydrogens (tertiary/aromatic N) is 3. The van der Waals surface area contributed by atoms with Crippen molar-refractivity contribution in [2.45, 2.75) is 103 Å². The summed E-state index contributed by atoms with van der Waals surface area (Å²) in [6.07, 6.45) is 40.2. The Balaban J connectivity index is 1.13. The van der Waals surface area contributed by atoms with Crippen LogP contribution in [0.2, 0.25) is 0 Å². The molecule has 3 aromatic rings. The number of hydrogen-bond acceptors (Lipinski definition) is 2. The Morgan fingerprint density at radius 2 is 1.18 bits per heavy atom. The third-order valence-corrected chi connectivity index (χ3v) is 7.02. The minimum Gasteiger partial charge on any atom is -0.264 e. The molecule has 3 heterocycles. The van der Waals surface area contributed by atoms with Crippen LogP contribution >= 0.6 is 0 Å². The summed E-state index contributed by atoms with van der Waals surface area (Å²) in [5.74, 6) is 0. The van der Waals surface area contributed by atoms with Gasteiger partial charge in [0.05, 0.1) is 0 Å². The first-order valence-corrected chi connectivity index (χ1v) is 15.0. The first-order valence-electron chi connectivity index (χ1n) is 15.0. The van der Waals surface area contributed by atoms with E-state index in [0.717, 1.165) is 25.8 Å². The van der Waals surface area contributed by atoms with Gasteiger partial charge in [0.25, 0.3) is 0 Å². The second-order valence-corrected chi connectivity index (χ2v) is 10.4. The highest BCUT2D eigenvalue weighted by Gasteiger charge is 2.03. The Morgan fingerprint density at radius 3 is 1.95 bits per heavy atom. The summed E-state index contributed by atoms with van der Waals surface area (Å²) in [5.41, 5.74) is 4.10. The van der Waals surface area contributed by atoms with Crippen LogP contribution in [0.25, 0.3) is 0 Å². The lowest BCUT2D eigenvalue weighted by atomic mass is 10.1. The molecule has 0 N–H and O–H groups in total. The Labute approximate surface area is 231 Å². The van der Waals surface area contributed by atoms with E-state index in [1.54, 1.807) is 0 Å². The molecule has 3 nitrogen and oxygen atoms in total. The van der Waals surface area contributed by atoms with Crippen LogP contribution in [-0.2, 0) is 25.8 Å². The van der Waals surface area contributed by atoms with Crippen molar-refractivity contribution < 1.29 is 4.57 Å². The van der Waals surface area contributed by atoms with Gasteiger partial charge in [0.15, 0.2) is 12.4 Å². The molecule has 0 bridgehead atoms. The standard InChI is InChI=1S/C35H48N3/c1(5-9-13-20-33-23-17-26-36-30-33)2-7-11-15-22-35-25-19-29-38(32-35)28-16-12-8-4-3-6-10-14-21-34-24-18-27-37-31-34/h5,9-10,14,17-19,23-27,29-32H,1-4,6-8,11-13,15-16,20-22,28H2/q+1. The Morgan fingerprint density at radius 1 is 0.553 bits per heavy atom. The van der Waals surface area contributed by atoms with Gasteiger partial charge in [-0.2, -0.15) is 0 Å². The number of allylic oxidation sites excluding steroid dienone is 4. The van der Waals surface area contributed by atoms with Gasteiger partial charge in [0.2, 0.25) is 0 Å². The average Bonchev–Trinajstić information content (AvgIpc) is 2.96. The molecule has 0 atom stereocenters. The predicted octanol–water partition coefficient (Wildman–Crippen LogP) is 8.59. The van der Waals surface area contributed by atoms with Gasteiger partial charge >= 0.3 is 0 Å². The highest BCUT2D eigenvalue weighted by atomic mass is 14.9. The lowest BCUT2D eigenvalue weighted by Gasteiger charge is -2.03. The first kappa shape index (κ1) is 29.5. The molecular formula is C35H48N3+. The zero-order valence-corrected chi connectivity index (χ0v) is 23.4. The van der Waals surface area contributed by atoms with Gasteiger partial charge in [0.1, 0.15) is 6.54 Å². The van der Waals surface area contributed by atoms with Crippen molar-refractivity contribution in [3.05, 3.63) is 115 Å². The molecule has 0 fully saturated rings. The zero-order chi connectivity index (χ0) is 26.4. The third kappa shape index (κ3) is 14.0. The molecule has 0 spiro atoms. The predicted molar refractivity (Wildman–Crippen MR) is 160 cm³/mol. The van der Waals surface area contributed by atoms with Gasteiger partial charge in [-0.3, -0.25) is 9.97 Å². The van der Waals surface area contributed by atoms with Gasteiger partial charge in [0, 0.05) is 42.8 Å². The number of unbranched alkanes of at least 4 members (excludes halogenated alkanes) is 9. The number of pyridine rings is 3. The molecule has 202 valence electrons. The van der Waals surface area contributed by atoms with Crippen molar-refractivity contribution in [3.8, 4) is 0 Å². The van der Waals surface area contributed by atoms with Crippen LogP contribution in [0, 0.1) is 0 Å². The molecular weight excluding hydrogens is 462 g/mol. The lowest BCUT2D eigenvalue weighted by Crippen LogP contribution is -2.33. The third-order valence-electron chi connectivity index (χ3n) is 7.02. The molecule has 0 aliphatic rings. The van der Waals surface area contributed by atoms with Gasteiger partial charge in [-0.25, -0.2) is 4.57 Å². The second-order valence-electron chi connectivity index (χ2n) is 10.4. The number of rotatable bonds is 20. The maximum atomic E-state index is 4.18. The van der Waals surface area contributed by atoms with E-state index in [2.05, 4.69) is 75.5 Å². The Bertz CT molecular complexity index is 1030. The largest absolute Gasteiger partial charge is 0.264 e. The number of hydrogen-bond donors (Lipinski definition) is 0. The molecule has 0 aromatic carbocycles. The van der Waals surface area contributed by atoms with Crippen molar-refractivity contribution >= 4 is 0 Å². The maximum Gasteiger partial charge on any atom is 0.171 e. The molecule has 0 aliphatic heterocycles. The SMILES string of the molecule is C(=CCc1cccnc1)CCCCCCC[n+]1cccc(CCCCCCC=CCCc2cccnc2)c1. The summed E-state index contributed by atoms with van der Waals surface area (Å²) in [6, 6.07) is 12.8. The van der Waals surface area contributed by atoms with Crippen molar-refractivity contribution in [1.29, 1.82) is 0 Å². The van der Waals surface area contributed by atoms with Crippen LogP contribution in [0.4, 0.5) is 0 Å². The van der Waals surface area contributed by atoms with Crippen LogP contribution in [0.1, 0.15) is 93.7 Å². The highest BCUT2D eigenvalue weighted by molar-refractivity contribution is 5.12. The van der Waals surface area contributed by atoms with Crippen molar-refractivity contribution in [1.82, 2.24) is 9.97 Å². The fourth-order valence-corrected chi connectivity index (χ4v) is 4.78. The molecule has 0 unspecified atom stereocenters. The first-order chi connectivity index (χ1) is 18.9. The van der Waals surface area contributed by atoms with Crippen LogP contribution in [0.15, 0.2) is 97.9 Å². The summed E-state index contributed by atoms with van der Waals surface area (Å²) in [5, 5.41) is 0. The van der Waals surface area contributed by atoms with Crippen molar-refractivity contribution in [2.75, 3.05) is 0 Å². The molecule has 0 saturated heterocycles. The molecule has 3 aromatic heterocycles. The van der Waals surface area contributed by atoms with E-state index in [1.807, 2.05) is 36.9 Å². The summed E-state index contributed by atoms with van der Waals surface area (Å²) < 4.78 is 2.40. The molecule has 0 aliphatic carbocycles. The lowest BCUT2D eigenvalue weighted by molar-refractivity contribution is -0.697. The van der Waals surface area contributed by atoms with Crippen LogP contribution in [-0.4, -0.2) is 9.97 Å². The zero-order valence-electron chi connectivity index (χ0n) is 23.4. The maximum absolute atomic E-state index is 4.18. The molecule has 0 saturated carbocycles. The van der Waals surface area contributed by atoms with Crippen molar-refractivity contribution in [2.24, 2.45) is 0 Å². The fraction of sp³-hybridized carbons (Fsp3) is 0.457. The van der Waals surface area contributed by atoms with E-state index < -0.39 is 0 Å². The average molecular weight is 511 g/mol. The van der Waals surface area contributed by atoms with Crippen molar-refractivity contribution in [3.63, 3.8) is 0 Å². The summed E-state index contributed by atoms with van der Waals surface area (Å²) in [7, 11) is 0. The van der Waals surface area contributed by atoms with Gasteiger partial charge in [-0.15, -0.1) is 0 Å². The van der Waals surface area contributed by atoms with Gasteiger partial charge in [-0.05, 0) is 93.5 Å². The normalized spacial score (nSPS) is 11.6. The second kappa shape index (κ2) is 20.0. The van der Waals surface area contributed by atoms with E-state index in [9.17, 15) is 0 Å². The molecule has 0 radical (unpaired) electrons. The highest BCUT2D eigenvalue weighted by Crippen LogP contribution is 2.10. The molecule has 3 heteroatoms. The van der Waals surface area contributed by atoms with E-state index in [-0.39, 0.29) is 0 Å². The van der Waals surface area contributed by atoms with E-state index in [1.165, 1.54) is 93.7 Å². The van der Waals surface area contributed by atoms with Gasteiger partial charge < -0.3 is 0 Å². The summed E-state index contributed by atoms with van der Waals surface area (Å²) in [4.78, 5) is 8.35. The van der Waals surface area contributed by atoms with E-state index in [4.69, 9.17) is 0 Å². The number of aryl methyl sites for hydroxylation is 3. The fourth-order valence-electron chi connectivity index (χ4n) is 4.78. The topological polar surface area (TPSA) is 29.7 Å². The smallest absolute Gasteiger partial charge is 0.171 e. The Hall–Kier alpha value is -3.07. The van der Waals surface area contributed by atoms with E-state index >= 15 is 0 Å². The quantitative estimate of drug-likeness (QED) is 0.0865.